The van der Waals surface area contributed by atoms with Crippen LogP contribution in [0.2, 0.25) is 0 Å². The molecule has 0 aromatic heterocycles. The molecular weight excluding hydrogens is 214 g/mol. The molecular formula is C12H16F2O2. The van der Waals surface area contributed by atoms with Gasteiger partial charge in [-0.3, -0.25) is 0 Å². The predicted molar refractivity (Wildman–Crippen MR) is 58.0 cm³/mol. The van der Waals surface area contributed by atoms with E-state index in [1.165, 1.54) is 19.2 Å². The molecule has 0 aliphatic heterocycles. The molecule has 1 N–H and O–H groups in total. The van der Waals surface area contributed by atoms with Crippen molar-refractivity contribution in [1.29, 1.82) is 0 Å². The van der Waals surface area contributed by atoms with Crippen LogP contribution in [-0.4, -0.2) is 18.8 Å². The number of methoxy groups -OCH3 is 1. The summed E-state index contributed by atoms with van der Waals surface area (Å²) in [5, 5.41) is 8.59. The zero-order valence-corrected chi connectivity index (χ0v) is 9.46. The molecule has 0 unspecified atom stereocenters. The molecule has 0 bridgehead atoms. The van der Waals surface area contributed by atoms with Gasteiger partial charge in [0.05, 0.1) is 7.11 Å². The highest BCUT2D eigenvalue weighted by molar-refractivity contribution is 5.38. The van der Waals surface area contributed by atoms with E-state index in [1.54, 1.807) is 6.07 Å². The van der Waals surface area contributed by atoms with Crippen LogP contribution < -0.4 is 4.74 Å². The van der Waals surface area contributed by atoms with Gasteiger partial charge in [-0.05, 0) is 30.2 Å². The van der Waals surface area contributed by atoms with Gasteiger partial charge in [-0.15, -0.1) is 0 Å². The van der Waals surface area contributed by atoms with Crippen molar-refractivity contribution in [2.24, 2.45) is 0 Å². The van der Waals surface area contributed by atoms with Gasteiger partial charge in [0, 0.05) is 18.6 Å². The van der Waals surface area contributed by atoms with Gasteiger partial charge in [-0.1, -0.05) is 6.92 Å². The van der Waals surface area contributed by atoms with Crippen molar-refractivity contribution in [3.8, 4) is 5.75 Å². The summed E-state index contributed by atoms with van der Waals surface area (Å²) in [5.41, 5.74) is 0.678. The lowest BCUT2D eigenvalue weighted by Crippen LogP contribution is -2.15. The Morgan fingerprint density at radius 3 is 2.56 bits per heavy atom. The minimum atomic E-state index is -2.98. The van der Waals surface area contributed by atoms with Crippen LogP contribution in [-0.2, 0) is 12.3 Å². The van der Waals surface area contributed by atoms with E-state index in [9.17, 15) is 8.78 Å². The topological polar surface area (TPSA) is 29.5 Å². The third-order valence-corrected chi connectivity index (χ3v) is 2.51. The van der Waals surface area contributed by atoms with E-state index < -0.39 is 19.0 Å². The SMILES string of the molecule is CCc1cc(C(F)(F)CCO)ccc1OC. The molecule has 0 spiro atoms. The minimum absolute atomic E-state index is 0.0702. The minimum Gasteiger partial charge on any atom is -0.496 e. The molecule has 0 radical (unpaired) electrons. The van der Waals surface area contributed by atoms with E-state index in [2.05, 4.69) is 0 Å². The summed E-state index contributed by atoms with van der Waals surface area (Å²) in [6.07, 6.45) is 0.0781. The van der Waals surface area contributed by atoms with E-state index in [-0.39, 0.29) is 5.56 Å². The van der Waals surface area contributed by atoms with Crippen LogP contribution in [0.15, 0.2) is 18.2 Å². The first kappa shape index (κ1) is 12.9. The van der Waals surface area contributed by atoms with Crippen LogP contribution >= 0.6 is 0 Å². The second-order valence-electron chi connectivity index (χ2n) is 3.56. The first-order valence-corrected chi connectivity index (χ1v) is 5.21. The van der Waals surface area contributed by atoms with Gasteiger partial charge in [0.25, 0.3) is 5.92 Å². The Morgan fingerprint density at radius 1 is 1.38 bits per heavy atom. The molecule has 1 aromatic carbocycles. The molecule has 0 atom stereocenters. The second-order valence-corrected chi connectivity index (χ2v) is 3.56. The lowest BCUT2D eigenvalue weighted by Gasteiger charge is -2.17. The van der Waals surface area contributed by atoms with Crippen molar-refractivity contribution in [3.63, 3.8) is 0 Å². The highest BCUT2D eigenvalue weighted by atomic mass is 19.3. The van der Waals surface area contributed by atoms with Crippen molar-refractivity contribution in [3.05, 3.63) is 29.3 Å². The summed E-state index contributed by atoms with van der Waals surface area (Å²) < 4.78 is 32.1. The zero-order valence-electron chi connectivity index (χ0n) is 9.46. The molecule has 90 valence electrons. The maximum absolute atomic E-state index is 13.5. The van der Waals surface area contributed by atoms with Gasteiger partial charge in [0.15, 0.2) is 0 Å². The van der Waals surface area contributed by atoms with Crippen molar-refractivity contribution >= 4 is 0 Å². The largest absolute Gasteiger partial charge is 0.496 e. The summed E-state index contributed by atoms with van der Waals surface area (Å²) in [6.45, 7) is 1.35. The number of ether oxygens (including phenoxy) is 1. The Labute approximate surface area is 93.9 Å². The van der Waals surface area contributed by atoms with Gasteiger partial charge < -0.3 is 9.84 Å². The van der Waals surface area contributed by atoms with Gasteiger partial charge in [0.1, 0.15) is 5.75 Å². The summed E-state index contributed by atoms with van der Waals surface area (Å²) in [7, 11) is 1.51. The van der Waals surface area contributed by atoms with Crippen LogP contribution in [0.1, 0.15) is 24.5 Å². The van der Waals surface area contributed by atoms with Gasteiger partial charge >= 0.3 is 0 Å². The third-order valence-electron chi connectivity index (χ3n) is 2.51. The molecule has 2 nitrogen and oxygen atoms in total. The summed E-state index contributed by atoms with van der Waals surface area (Å²) >= 11 is 0. The molecule has 0 aliphatic carbocycles. The fourth-order valence-electron chi connectivity index (χ4n) is 1.57. The van der Waals surface area contributed by atoms with Gasteiger partial charge in [-0.2, -0.15) is 0 Å². The Kier molecular flexibility index (Phi) is 4.24. The normalized spacial score (nSPS) is 11.6. The van der Waals surface area contributed by atoms with Crippen LogP contribution in [0, 0.1) is 0 Å². The Hall–Kier alpha value is -1.16. The highest BCUT2D eigenvalue weighted by Gasteiger charge is 2.31. The fourth-order valence-corrected chi connectivity index (χ4v) is 1.57. The van der Waals surface area contributed by atoms with Crippen molar-refractivity contribution < 1.29 is 18.6 Å². The summed E-state index contributed by atoms with van der Waals surface area (Å²) in [6, 6.07) is 4.32. The number of aliphatic hydroxyl groups excluding tert-OH is 1. The first-order valence-electron chi connectivity index (χ1n) is 5.21. The van der Waals surface area contributed by atoms with E-state index >= 15 is 0 Å². The lowest BCUT2D eigenvalue weighted by molar-refractivity contribution is -0.0270. The molecule has 0 amide bonds. The van der Waals surface area contributed by atoms with Gasteiger partial charge in [0.2, 0.25) is 0 Å². The van der Waals surface area contributed by atoms with Crippen LogP contribution in [0.25, 0.3) is 0 Å². The molecule has 1 aromatic rings. The van der Waals surface area contributed by atoms with Crippen molar-refractivity contribution in [2.75, 3.05) is 13.7 Å². The third kappa shape index (κ3) is 2.70. The van der Waals surface area contributed by atoms with Gasteiger partial charge in [-0.25, -0.2) is 8.78 Å². The average molecular weight is 230 g/mol. The molecule has 0 heterocycles. The maximum atomic E-state index is 13.5. The zero-order chi connectivity index (χ0) is 12.2. The summed E-state index contributed by atoms with van der Waals surface area (Å²) in [5.74, 6) is -2.36. The number of alkyl halides is 2. The van der Waals surface area contributed by atoms with Crippen LogP contribution in [0.3, 0.4) is 0 Å². The lowest BCUT2D eigenvalue weighted by atomic mass is 10.0. The number of hydrogen-bond acceptors (Lipinski definition) is 2. The number of aryl methyl sites for hydroxylation is 1. The molecule has 1 rings (SSSR count). The number of hydrogen-bond donors (Lipinski definition) is 1. The number of benzene rings is 1. The highest BCUT2D eigenvalue weighted by Crippen LogP contribution is 2.34. The molecule has 16 heavy (non-hydrogen) atoms. The number of aliphatic hydroxyl groups is 1. The summed E-state index contributed by atoms with van der Waals surface area (Å²) in [4.78, 5) is 0. The Balaban J connectivity index is 3.07. The average Bonchev–Trinajstić information content (AvgIpc) is 2.28. The van der Waals surface area contributed by atoms with Crippen molar-refractivity contribution in [1.82, 2.24) is 0 Å². The van der Waals surface area contributed by atoms with Crippen molar-refractivity contribution in [2.45, 2.75) is 25.7 Å². The van der Waals surface area contributed by atoms with E-state index in [4.69, 9.17) is 9.84 Å². The number of halogens is 2. The monoisotopic (exact) mass is 230 g/mol. The van der Waals surface area contributed by atoms with E-state index in [0.717, 1.165) is 5.56 Å². The van der Waals surface area contributed by atoms with E-state index in [1.807, 2.05) is 6.92 Å². The molecule has 0 saturated carbocycles. The first-order chi connectivity index (χ1) is 7.55. The van der Waals surface area contributed by atoms with E-state index in [0.29, 0.717) is 12.2 Å². The van der Waals surface area contributed by atoms with Crippen LogP contribution in [0.5, 0.6) is 5.75 Å². The molecule has 4 heteroatoms. The van der Waals surface area contributed by atoms with Crippen LogP contribution in [0.4, 0.5) is 8.78 Å². The molecule has 0 saturated heterocycles. The predicted octanol–water partition coefficient (Wildman–Crippen LogP) is 2.73. The quantitative estimate of drug-likeness (QED) is 0.842. The maximum Gasteiger partial charge on any atom is 0.275 e. The fraction of sp³-hybridized carbons (Fsp3) is 0.500. The molecule has 0 aliphatic rings. The Bertz CT molecular complexity index is 351. The number of rotatable bonds is 5. The standard InChI is InChI=1S/C12H16F2O2/c1-3-9-8-10(4-5-11(9)16-2)12(13,14)6-7-15/h4-5,8,15H,3,6-7H2,1-2H3. The second kappa shape index (κ2) is 5.25. The molecule has 0 fully saturated rings. The smallest absolute Gasteiger partial charge is 0.275 e. The Morgan fingerprint density at radius 2 is 2.06 bits per heavy atom.